The number of aromatic nitrogens is 1. The van der Waals surface area contributed by atoms with Crippen molar-refractivity contribution in [1.29, 1.82) is 0 Å². The van der Waals surface area contributed by atoms with Gasteiger partial charge in [0.25, 0.3) is 0 Å². The summed E-state index contributed by atoms with van der Waals surface area (Å²) < 4.78 is 38.5. The minimum absolute atomic E-state index is 0.476. The summed E-state index contributed by atoms with van der Waals surface area (Å²) in [5.41, 5.74) is 7.35. The Balaban J connectivity index is 2.02. The Kier molecular flexibility index (Phi) is 2.90. The van der Waals surface area contributed by atoms with E-state index in [0.29, 0.717) is 5.13 Å². The van der Waals surface area contributed by atoms with Gasteiger partial charge in [-0.15, -0.1) is 0 Å². The summed E-state index contributed by atoms with van der Waals surface area (Å²) in [6, 6.07) is 10.6. The van der Waals surface area contributed by atoms with Crippen molar-refractivity contribution in [2.45, 2.75) is 6.18 Å². The van der Waals surface area contributed by atoms with Crippen LogP contribution in [0.25, 0.3) is 21.3 Å². The van der Waals surface area contributed by atoms with Gasteiger partial charge in [0.05, 0.1) is 15.8 Å². The van der Waals surface area contributed by atoms with Gasteiger partial charge >= 0.3 is 6.18 Å². The Labute approximate surface area is 116 Å². The predicted molar refractivity (Wildman–Crippen MR) is 74.5 cm³/mol. The number of halogens is 3. The molecule has 0 aliphatic rings. The van der Waals surface area contributed by atoms with Crippen molar-refractivity contribution < 1.29 is 13.2 Å². The average molecular weight is 294 g/mol. The number of anilines is 1. The van der Waals surface area contributed by atoms with Crippen molar-refractivity contribution in [2.24, 2.45) is 0 Å². The lowest BCUT2D eigenvalue weighted by Gasteiger charge is -2.07. The summed E-state index contributed by atoms with van der Waals surface area (Å²) in [6.07, 6.45) is -4.31. The molecule has 1 heterocycles. The Morgan fingerprint density at radius 1 is 0.950 bits per heavy atom. The zero-order valence-corrected chi connectivity index (χ0v) is 10.9. The van der Waals surface area contributed by atoms with Gasteiger partial charge in [0, 0.05) is 0 Å². The zero-order valence-electron chi connectivity index (χ0n) is 10.1. The predicted octanol–water partition coefficient (Wildman–Crippen LogP) is 4.56. The maximum absolute atomic E-state index is 12.5. The van der Waals surface area contributed by atoms with Gasteiger partial charge in [-0.05, 0) is 35.4 Å². The summed E-state index contributed by atoms with van der Waals surface area (Å²) in [5.74, 6) is 0. The van der Waals surface area contributed by atoms with Crippen LogP contribution in [0.4, 0.5) is 18.3 Å². The van der Waals surface area contributed by atoms with Crippen molar-refractivity contribution >= 4 is 26.7 Å². The normalized spacial score (nSPS) is 11.9. The van der Waals surface area contributed by atoms with Gasteiger partial charge in [0.2, 0.25) is 0 Å². The van der Waals surface area contributed by atoms with Gasteiger partial charge in [0.1, 0.15) is 0 Å². The van der Waals surface area contributed by atoms with E-state index in [9.17, 15) is 13.2 Å². The molecule has 102 valence electrons. The highest BCUT2D eigenvalue weighted by atomic mass is 32.1. The number of thiazole rings is 1. The van der Waals surface area contributed by atoms with Crippen LogP contribution in [0.5, 0.6) is 0 Å². The van der Waals surface area contributed by atoms with Crippen LogP contribution in [0.2, 0.25) is 0 Å². The van der Waals surface area contributed by atoms with Crippen molar-refractivity contribution in [2.75, 3.05) is 5.73 Å². The first-order chi connectivity index (χ1) is 9.43. The molecule has 0 amide bonds. The van der Waals surface area contributed by atoms with Crippen LogP contribution in [0, 0.1) is 0 Å². The SMILES string of the molecule is Nc1nc2ccc(-c3ccc(C(F)(F)F)cc3)cc2s1. The van der Waals surface area contributed by atoms with Crippen molar-refractivity contribution in [3.05, 3.63) is 48.0 Å². The number of hydrogen-bond donors (Lipinski definition) is 1. The molecule has 3 aromatic rings. The molecule has 0 radical (unpaired) electrons. The quantitative estimate of drug-likeness (QED) is 0.714. The van der Waals surface area contributed by atoms with Gasteiger partial charge in [-0.3, -0.25) is 0 Å². The first kappa shape index (κ1) is 12.9. The lowest BCUT2D eigenvalue weighted by atomic mass is 10.0. The van der Waals surface area contributed by atoms with Crippen LogP contribution in [0.3, 0.4) is 0 Å². The highest BCUT2D eigenvalue weighted by Crippen LogP contribution is 2.32. The first-order valence-corrected chi connectivity index (χ1v) is 6.59. The topological polar surface area (TPSA) is 38.9 Å². The van der Waals surface area contributed by atoms with Crippen molar-refractivity contribution in [3.8, 4) is 11.1 Å². The van der Waals surface area contributed by atoms with Crippen molar-refractivity contribution in [3.63, 3.8) is 0 Å². The molecule has 0 saturated heterocycles. The van der Waals surface area contributed by atoms with Crippen LogP contribution in [-0.2, 0) is 6.18 Å². The maximum atomic E-state index is 12.5. The number of fused-ring (bicyclic) bond motifs is 1. The third kappa shape index (κ3) is 2.34. The van der Waals surface area contributed by atoms with E-state index in [-0.39, 0.29) is 0 Å². The summed E-state index contributed by atoms with van der Waals surface area (Å²) in [4.78, 5) is 4.14. The average Bonchev–Trinajstić information content (AvgIpc) is 2.77. The van der Waals surface area contributed by atoms with E-state index in [0.717, 1.165) is 33.5 Å². The van der Waals surface area contributed by atoms with E-state index in [1.54, 1.807) is 0 Å². The molecule has 6 heteroatoms. The fourth-order valence-electron chi connectivity index (χ4n) is 1.97. The summed E-state index contributed by atoms with van der Waals surface area (Å²) in [6.45, 7) is 0. The molecular formula is C14H9F3N2S. The van der Waals surface area contributed by atoms with Crippen LogP contribution in [0.15, 0.2) is 42.5 Å². The first-order valence-electron chi connectivity index (χ1n) is 5.77. The fourth-order valence-corrected chi connectivity index (χ4v) is 2.75. The molecule has 1 aromatic heterocycles. The summed E-state index contributed by atoms with van der Waals surface area (Å²) in [5, 5.41) is 0.476. The number of rotatable bonds is 1. The molecule has 0 spiro atoms. The van der Waals surface area contributed by atoms with Gasteiger partial charge in [-0.25, -0.2) is 4.98 Å². The molecule has 0 fully saturated rings. The second kappa shape index (κ2) is 4.49. The number of alkyl halides is 3. The standard InChI is InChI=1S/C14H9F3N2S/c15-14(16,17)10-4-1-8(2-5-10)9-3-6-11-12(7-9)20-13(18)19-11/h1-7H,(H2,18,19). The molecule has 2 nitrogen and oxygen atoms in total. The van der Waals surface area contributed by atoms with Gasteiger partial charge in [-0.2, -0.15) is 13.2 Å². The Hall–Kier alpha value is -2.08. The number of nitrogens with two attached hydrogens (primary N) is 1. The highest BCUT2D eigenvalue weighted by Gasteiger charge is 2.29. The summed E-state index contributed by atoms with van der Waals surface area (Å²) >= 11 is 1.36. The second-order valence-electron chi connectivity index (χ2n) is 4.31. The lowest BCUT2D eigenvalue weighted by molar-refractivity contribution is -0.137. The molecule has 3 rings (SSSR count). The highest BCUT2D eigenvalue weighted by molar-refractivity contribution is 7.22. The Bertz CT molecular complexity index is 760. The van der Waals surface area contributed by atoms with Crippen LogP contribution in [-0.4, -0.2) is 4.98 Å². The van der Waals surface area contributed by atoms with Crippen LogP contribution < -0.4 is 5.73 Å². The zero-order chi connectivity index (χ0) is 14.3. The monoisotopic (exact) mass is 294 g/mol. The van der Waals surface area contributed by atoms with E-state index in [4.69, 9.17) is 5.73 Å². The number of nitrogen functional groups attached to an aromatic ring is 1. The second-order valence-corrected chi connectivity index (χ2v) is 5.37. The van der Waals surface area contributed by atoms with E-state index >= 15 is 0 Å². The van der Waals surface area contributed by atoms with Crippen LogP contribution in [0.1, 0.15) is 5.56 Å². The lowest BCUT2D eigenvalue weighted by Crippen LogP contribution is -2.03. The van der Waals surface area contributed by atoms with E-state index in [1.807, 2.05) is 18.2 Å². The third-order valence-corrected chi connectivity index (χ3v) is 3.80. The van der Waals surface area contributed by atoms with Crippen LogP contribution >= 0.6 is 11.3 Å². The third-order valence-electron chi connectivity index (χ3n) is 2.95. The Morgan fingerprint density at radius 2 is 1.60 bits per heavy atom. The number of benzene rings is 2. The van der Waals surface area contributed by atoms with Gasteiger partial charge in [0.15, 0.2) is 5.13 Å². The molecule has 0 bridgehead atoms. The molecule has 0 atom stereocenters. The summed E-state index contributed by atoms with van der Waals surface area (Å²) in [7, 11) is 0. The largest absolute Gasteiger partial charge is 0.416 e. The van der Waals surface area contributed by atoms with E-state index in [2.05, 4.69) is 4.98 Å². The molecule has 20 heavy (non-hydrogen) atoms. The minimum Gasteiger partial charge on any atom is -0.375 e. The molecule has 0 aliphatic carbocycles. The van der Waals surface area contributed by atoms with Gasteiger partial charge < -0.3 is 5.73 Å². The molecule has 0 saturated carbocycles. The fraction of sp³-hybridized carbons (Fsp3) is 0.0714. The molecule has 0 unspecified atom stereocenters. The molecule has 2 N–H and O–H groups in total. The molecule has 0 aliphatic heterocycles. The minimum atomic E-state index is -4.31. The van der Waals surface area contributed by atoms with Crippen molar-refractivity contribution in [1.82, 2.24) is 4.98 Å². The van der Waals surface area contributed by atoms with E-state index < -0.39 is 11.7 Å². The number of nitrogens with zero attached hydrogens (tertiary/aromatic N) is 1. The smallest absolute Gasteiger partial charge is 0.375 e. The number of hydrogen-bond acceptors (Lipinski definition) is 3. The van der Waals surface area contributed by atoms with Gasteiger partial charge in [-0.1, -0.05) is 29.5 Å². The Morgan fingerprint density at radius 3 is 2.25 bits per heavy atom. The van der Waals surface area contributed by atoms with E-state index in [1.165, 1.54) is 23.5 Å². The molecule has 2 aromatic carbocycles. The maximum Gasteiger partial charge on any atom is 0.416 e. The molecular weight excluding hydrogens is 285 g/mol.